The summed E-state index contributed by atoms with van der Waals surface area (Å²) in [6.45, 7) is 0. The SMILES string of the molecule is O=P([O-])([O-])OP(=O)([O-])OO.[Al+3]. The van der Waals surface area contributed by atoms with Gasteiger partial charge in [0, 0.05) is 0 Å². The average molecular weight is 218 g/mol. The van der Waals surface area contributed by atoms with E-state index in [1.54, 1.807) is 0 Å². The summed E-state index contributed by atoms with van der Waals surface area (Å²) in [7, 11) is -11.0. The summed E-state index contributed by atoms with van der Waals surface area (Å²) >= 11 is 0. The van der Waals surface area contributed by atoms with Gasteiger partial charge in [-0.2, -0.15) is 4.67 Å². The molecule has 0 aromatic heterocycles. The Morgan fingerprint density at radius 3 is 1.64 bits per heavy atom. The molecule has 0 aliphatic rings. The number of phosphoric acid groups is 2. The second-order valence-electron chi connectivity index (χ2n) is 1.06. The molecule has 0 aromatic rings. The van der Waals surface area contributed by atoms with Crippen molar-refractivity contribution in [2.45, 2.75) is 0 Å². The minimum Gasteiger partial charge on any atom is -0.790 e. The Kier molecular flexibility index (Phi) is 6.10. The smallest absolute Gasteiger partial charge is 0.790 e. The maximum Gasteiger partial charge on any atom is 3.00 e. The first kappa shape index (κ1) is 14.3. The Morgan fingerprint density at radius 2 is 1.55 bits per heavy atom. The zero-order valence-corrected chi connectivity index (χ0v) is 7.72. The summed E-state index contributed by atoms with van der Waals surface area (Å²) < 4.78 is 24.5. The van der Waals surface area contributed by atoms with Crippen molar-refractivity contribution in [3.63, 3.8) is 0 Å². The second-order valence-corrected chi connectivity index (χ2v) is 3.66. The fourth-order valence-electron chi connectivity index (χ4n) is 0.137. The van der Waals surface area contributed by atoms with E-state index >= 15 is 0 Å². The maximum atomic E-state index is 9.78. The molecule has 0 radical (unpaired) electrons. The second kappa shape index (κ2) is 4.70. The first-order valence-corrected chi connectivity index (χ1v) is 4.56. The third-order valence-electron chi connectivity index (χ3n) is 0.300. The number of rotatable bonds is 3. The van der Waals surface area contributed by atoms with Crippen molar-refractivity contribution < 1.29 is 38.1 Å². The van der Waals surface area contributed by atoms with Gasteiger partial charge in [0.1, 0.15) is 0 Å². The van der Waals surface area contributed by atoms with Crippen molar-refractivity contribution in [3.8, 4) is 0 Å². The van der Waals surface area contributed by atoms with Gasteiger partial charge in [-0.15, -0.1) is 0 Å². The largest absolute Gasteiger partial charge is 3.00 e. The van der Waals surface area contributed by atoms with Crippen LogP contribution in [0.15, 0.2) is 0 Å². The van der Waals surface area contributed by atoms with Crippen LogP contribution in [-0.2, 0) is 18.1 Å². The van der Waals surface area contributed by atoms with Crippen LogP contribution in [0.1, 0.15) is 0 Å². The summed E-state index contributed by atoms with van der Waals surface area (Å²) in [5.74, 6) is 0. The fourth-order valence-corrected chi connectivity index (χ4v) is 1.24. The molecule has 1 N–H and O–H groups in total. The molecule has 0 fully saturated rings. The molecule has 0 aliphatic carbocycles. The summed E-state index contributed by atoms with van der Waals surface area (Å²) in [6, 6.07) is 0. The molecule has 8 nitrogen and oxygen atoms in total. The molecule has 0 saturated heterocycles. The van der Waals surface area contributed by atoms with Crippen LogP contribution in [0.3, 0.4) is 0 Å². The van der Waals surface area contributed by atoms with Gasteiger partial charge in [-0.25, -0.2) is 5.26 Å². The van der Waals surface area contributed by atoms with Gasteiger partial charge in [0.25, 0.3) is 0 Å². The van der Waals surface area contributed by atoms with Gasteiger partial charge in [-0.1, -0.05) is 0 Å². The minimum absolute atomic E-state index is 0. The van der Waals surface area contributed by atoms with E-state index in [-0.39, 0.29) is 17.4 Å². The van der Waals surface area contributed by atoms with Crippen LogP contribution in [0.5, 0.6) is 0 Å². The van der Waals surface area contributed by atoms with Crippen molar-refractivity contribution in [1.82, 2.24) is 0 Å². The van der Waals surface area contributed by atoms with Gasteiger partial charge in [0.05, 0.1) is 7.82 Å². The van der Waals surface area contributed by atoms with E-state index in [0.29, 0.717) is 0 Å². The monoisotopic (exact) mass is 218 g/mol. The Bertz CT molecular complexity index is 190. The molecule has 0 amide bonds. The van der Waals surface area contributed by atoms with Gasteiger partial charge in [-0.3, -0.25) is 8.88 Å². The van der Waals surface area contributed by atoms with E-state index in [0.717, 1.165) is 0 Å². The summed E-state index contributed by atoms with van der Waals surface area (Å²) in [4.78, 5) is 28.8. The Labute approximate surface area is 71.7 Å². The molecule has 11 heavy (non-hydrogen) atoms. The zero-order chi connectivity index (χ0) is 8.41. The topological polar surface area (TPSA) is 142 Å². The van der Waals surface area contributed by atoms with Crippen LogP contribution >= 0.6 is 15.6 Å². The molecular weight excluding hydrogens is 217 g/mol. The van der Waals surface area contributed by atoms with E-state index < -0.39 is 15.6 Å². The van der Waals surface area contributed by atoms with Crippen molar-refractivity contribution in [3.05, 3.63) is 0 Å². The number of hydrogen-bond donors (Lipinski definition) is 1. The molecule has 1 atom stereocenters. The predicted octanol–water partition coefficient (Wildman–Crippen LogP) is -2.59. The molecule has 0 rings (SSSR count). The standard InChI is InChI=1S/Al.H4O8P2/c;1-7-10(5,6)8-9(2,3)4/h;1H,(H,5,6)(H2,2,3,4)/q+3;/p-3. The van der Waals surface area contributed by atoms with Crippen LogP contribution in [-0.4, -0.2) is 22.6 Å². The third kappa shape index (κ3) is 8.66. The van der Waals surface area contributed by atoms with E-state index in [2.05, 4.69) is 8.99 Å². The van der Waals surface area contributed by atoms with Gasteiger partial charge in [-0.05, 0) is 0 Å². The first-order chi connectivity index (χ1) is 4.27. The summed E-state index contributed by atoms with van der Waals surface area (Å²) in [6.07, 6.45) is 0. The van der Waals surface area contributed by atoms with Crippen LogP contribution in [0.4, 0.5) is 0 Å². The maximum absolute atomic E-state index is 9.78. The normalized spacial score (nSPS) is 16.7. The quantitative estimate of drug-likeness (QED) is 0.235. The predicted molar refractivity (Wildman–Crippen MR) is 25.8 cm³/mol. The van der Waals surface area contributed by atoms with E-state index in [9.17, 15) is 23.8 Å². The molecular formula is HAlO8P2. The Hall–Kier alpha value is 0.752. The molecule has 62 valence electrons. The van der Waals surface area contributed by atoms with E-state index in [1.807, 2.05) is 0 Å². The molecule has 0 saturated carbocycles. The fraction of sp³-hybridized carbons (Fsp3) is 0. The van der Waals surface area contributed by atoms with Crippen LogP contribution in [0, 0.1) is 0 Å². The molecule has 0 spiro atoms. The van der Waals surface area contributed by atoms with Gasteiger partial charge in [0.2, 0.25) is 0 Å². The zero-order valence-electron chi connectivity index (χ0n) is 4.78. The van der Waals surface area contributed by atoms with Crippen LogP contribution < -0.4 is 14.7 Å². The molecule has 0 bridgehead atoms. The van der Waals surface area contributed by atoms with E-state index in [4.69, 9.17) is 5.26 Å². The molecule has 11 heteroatoms. The van der Waals surface area contributed by atoms with Gasteiger partial charge >= 0.3 is 25.2 Å². The molecule has 0 aromatic carbocycles. The van der Waals surface area contributed by atoms with Crippen LogP contribution in [0.25, 0.3) is 0 Å². The van der Waals surface area contributed by atoms with Crippen molar-refractivity contribution in [2.24, 2.45) is 0 Å². The molecule has 0 heterocycles. The Morgan fingerprint density at radius 1 is 1.18 bits per heavy atom. The first-order valence-electron chi connectivity index (χ1n) is 1.64. The van der Waals surface area contributed by atoms with Crippen molar-refractivity contribution in [1.29, 1.82) is 0 Å². The molecule has 1 unspecified atom stereocenters. The van der Waals surface area contributed by atoms with Crippen LogP contribution in [0.2, 0.25) is 0 Å². The van der Waals surface area contributed by atoms with E-state index in [1.165, 1.54) is 0 Å². The Balaban J connectivity index is 0. The van der Waals surface area contributed by atoms with Gasteiger partial charge < -0.3 is 19.2 Å². The number of hydrogen-bond acceptors (Lipinski definition) is 8. The van der Waals surface area contributed by atoms with Crippen molar-refractivity contribution >= 4 is 33.0 Å². The summed E-state index contributed by atoms with van der Waals surface area (Å²) in [5.41, 5.74) is 0. The average Bonchev–Trinajstić information content (AvgIpc) is 1.60. The molecule has 0 aliphatic heterocycles. The summed E-state index contributed by atoms with van der Waals surface area (Å²) in [5, 5.41) is 7.36. The minimum atomic E-state index is -5.66. The third-order valence-corrected chi connectivity index (χ3v) is 2.10. The van der Waals surface area contributed by atoms with Crippen molar-refractivity contribution in [2.75, 3.05) is 0 Å². The van der Waals surface area contributed by atoms with Gasteiger partial charge in [0.15, 0.2) is 0 Å².